The number of nitrogens with two attached hydrogens (primary N) is 2. The Kier molecular flexibility index (Phi) is 1.77. The van der Waals surface area contributed by atoms with Gasteiger partial charge in [-0.1, -0.05) is 12.1 Å². The smallest absolute Gasteiger partial charge is 0.0349 e. The third-order valence-electron chi connectivity index (χ3n) is 2.56. The molecule has 1 aromatic rings. The van der Waals surface area contributed by atoms with Crippen LogP contribution in [0.15, 0.2) is 18.2 Å². The van der Waals surface area contributed by atoms with Gasteiger partial charge < -0.3 is 11.5 Å². The van der Waals surface area contributed by atoms with Crippen molar-refractivity contribution in [2.45, 2.75) is 25.3 Å². The number of benzene rings is 1. The first-order valence-electron chi connectivity index (χ1n) is 4.39. The molecule has 0 heterocycles. The number of fused-ring (bicyclic) bond motifs is 1. The Balaban J connectivity index is 2.42. The Morgan fingerprint density at radius 3 is 3.00 bits per heavy atom. The number of hydrogen-bond acceptors (Lipinski definition) is 2. The van der Waals surface area contributed by atoms with Crippen LogP contribution in [0.2, 0.25) is 0 Å². The highest BCUT2D eigenvalue weighted by molar-refractivity contribution is 5.52. The lowest BCUT2D eigenvalue weighted by Crippen LogP contribution is -2.28. The topological polar surface area (TPSA) is 52.0 Å². The fourth-order valence-corrected chi connectivity index (χ4v) is 1.86. The molecule has 0 amide bonds. The van der Waals surface area contributed by atoms with Crippen LogP contribution >= 0.6 is 0 Å². The molecule has 1 aliphatic rings. The van der Waals surface area contributed by atoms with E-state index in [1.165, 1.54) is 11.1 Å². The summed E-state index contributed by atoms with van der Waals surface area (Å²) >= 11 is 0. The van der Waals surface area contributed by atoms with Gasteiger partial charge in [0.2, 0.25) is 0 Å². The second-order valence-electron chi connectivity index (χ2n) is 3.49. The zero-order chi connectivity index (χ0) is 8.55. The maximum absolute atomic E-state index is 5.86. The molecule has 0 aromatic heterocycles. The first kappa shape index (κ1) is 7.62. The van der Waals surface area contributed by atoms with E-state index < -0.39 is 0 Å². The minimum Gasteiger partial charge on any atom is -0.398 e. The van der Waals surface area contributed by atoms with E-state index in [-0.39, 0.29) is 0 Å². The van der Waals surface area contributed by atoms with E-state index >= 15 is 0 Å². The van der Waals surface area contributed by atoms with Gasteiger partial charge in [0, 0.05) is 11.7 Å². The van der Waals surface area contributed by atoms with Crippen LogP contribution in [0.5, 0.6) is 0 Å². The quantitative estimate of drug-likeness (QED) is 0.561. The lowest BCUT2D eigenvalue weighted by molar-refractivity contribution is 0.577. The minimum atomic E-state index is 0.333. The molecule has 0 bridgehead atoms. The first-order chi connectivity index (χ1) is 5.77. The zero-order valence-corrected chi connectivity index (χ0v) is 7.09. The Bertz CT molecular complexity index is 294. The van der Waals surface area contributed by atoms with Crippen LogP contribution in [0.4, 0.5) is 5.69 Å². The summed E-state index contributed by atoms with van der Waals surface area (Å²) in [6.07, 6.45) is 3.10. The Labute approximate surface area is 72.6 Å². The average Bonchev–Trinajstić information content (AvgIpc) is 2.04. The van der Waals surface area contributed by atoms with Gasteiger partial charge in [0.15, 0.2) is 0 Å². The predicted octanol–water partition coefficient (Wildman–Crippen LogP) is 1.08. The molecule has 1 atom stereocenters. The molecule has 64 valence electrons. The van der Waals surface area contributed by atoms with E-state index in [1.54, 1.807) is 0 Å². The molecule has 0 radical (unpaired) electrons. The van der Waals surface area contributed by atoms with Crippen LogP contribution in [0.3, 0.4) is 0 Å². The molecule has 1 aromatic carbocycles. The molecule has 1 aliphatic carbocycles. The normalized spacial score (nSPS) is 21.9. The number of anilines is 1. The van der Waals surface area contributed by atoms with Crippen LogP contribution < -0.4 is 11.5 Å². The standard InChI is InChI=1S/C10H14N2/c11-8-4-5-9-7(6-8)2-1-3-10(9)12/h1-3,8H,4-6,11-12H2/t8-/m0/s1. The van der Waals surface area contributed by atoms with Crippen molar-refractivity contribution in [1.29, 1.82) is 0 Å². The van der Waals surface area contributed by atoms with Crippen LogP contribution in [-0.2, 0) is 12.8 Å². The minimum absolute atomic E-state index is 0.333. The van der Waals surface area contributed by atoms with E-state index in [9.17, 15) is 0 Å². The number of nitrogen functional groups attached to an aromatic ring is 1. The third-order valence-corrected chi connectivity index (χ3v) is 2.56. The summed E-state index contributed by atoms with van der Waals surface area (Å²) in [5.41, 5.74) is 15.3. The summed E-state index contributed by atoms with van der Waals surface area (Å²) in [6, 6.07) is 6.44. The molecule has 2 nitrogen and oxygen atoms in total. The maximum Gasteiger partial charge on any atom is 0.0349 e. The van der Waals surface area contributed by atoms with Gasteiger partial charge in [-0.3, -0.25) is 0 Å². The zero-order valence-electron chi connectivity index (χ0n) is 7.09. The largest absolute Gasteiger partial charge is 0.398 e. The average molecular weight is 162 g/mol. The molecule has 12 heavy (non-hydrogen) atoms. The Morgan fingerprint density at radius 1 is 1.33 bits per heavy atom. The van der Waals surface area contributed by atoms with Crippen molar-refractivity contribution < 1.29 is 0 Å². The van der Waals surface area contributed by atoms with Crippen molar-refractivity contribution in [3.63, 3.8) is 0 Å². The molecule has 0 unspecified atom stereocenters. The summed E-state index contributed by atoms with van der Waals surface area (Å²) < 4.78 is 0. The van der Waals surface area contributed by atoms with Crippen LogP contribution in [0.25, 0.3) is 0 Å². The highest BCUT2D eigenvalue weighted by Gasteiger charge is 2.16. The van der Waals surface area contributed by atoms with Gasteiger partial charge in [-0.25, -0.2) is 0 Å². The second kappa shape index (κ2) is 2.79. The van der Waals surface area contributed by atoms with Crippen molar-refractivity contribution in [2.24, 2.45) is 5.73 Å². The number of hydrogen-bond donors (Lipinski definition) is 2. The summed E-state index contributed by atoms with van der Waals surface area (Å²) in [5.74, 6) is 0. The fourth-order valence-electron chi connectivity index (χ4n) is 1.86. The van der Waals surface area contributed by atoms with E-state index in [0.29, 0.717) is 6.04 Å². The molecular formula is C10H14N2. The molecule has 0 spiro atoms. The molecule has 0 fully saturated rings. The molecule has 0 saturated carbocycles. The molecule has 4 N–H and O–H groups in total. The molecule has 0 saturated heterocycles. The summed E-state index contributed by atoms with van der Waals surface area (Å²) in [4.78, 5) is 0. The van der Waals surface area contributed by atoms with Crippen molar-refractivity contribution in [1.82, 2.24) is 0 Å². The van der Waals surface area contributed by atoms with Crippen molar-refractivity contribution in [3.05, 3.63) is 29.3 Å². The lowest BCUT2D eigenvalue weighted by Gasteiger charge is -2.22. The highest BCUT2D eigenvalue weighted by Crippen LogP contribution is 2.25. The third kappa shape index (κ3) is 1.18. The molecule has 2 rings (SSSR count). The van der Waals surface area contributed by atoms with Gasteiger partial charge in [0.25, 0.3) is 0 Å². The molecular weight excluding hydrogens is 148 g/mol. The van der Waals surface area contributed by atoms with Gasteiger partial charge in [0.05, 0.1) is 0 Å². The lowest BCUT2D eigenvalue weighted by atomic mass is 9.88. The summed E-state index contributed by atoms with van der Waals surface area (Å²) in [6.45, 7) is 0. The van der Waals surface area contributed by atoms with E-state index in [4.69, 9.17) is 11.5 Å². The Hall–Kier alpha value is -1.02. The molecule has 2 heteroatoms. The van der Waals surface area contributed by atoms with Crippen LogP contribution in [0, 0.1) is 0 Å². The SMILES string of the molecule is Nc1cccc2c1CC[C@H](N)C2. The maximum atomic E-state index is 5.86. The van der Waals surface area contributed by atoms with Gasteiger partial charge in [-0.2, -0.15) is 0 Å². The van der Waals surface area contributed by atoms with E-state index in [0.717, 1.165) is 24.9 Å². The van der Waals surface area contributed by atoms with E-state index in [2.05, 4.69) is 6.07 Å². The number of rotatable bonds is 0. The summed E-state index contributed by atoms with van der Waals surface area (Å²) in [5, 5.41) is 0. The van der Waals surface area contributed by atoms with Crippen LogP contribution in [-0.4, -0.2) is 6.04 Å². The van der Waals surface area contributed by atoms with Gasteiger partial charge in [-0.05, 0) is 36.5 Å². The van der Waals surface area contributed by atoms with Gasteiger partial charge in [0.1, 0.15) is 0 Å². The summed E-state index contributed by atoms with van der Waals surface area (Å²) in [7, 11) is 0. The highest BCUT2D eigenvalue weighted by atomic mass is 14.6. The van der Waals surface area contributed by atoms with Crippen molar-refractivity contribution in [2.75, 3.05) is 5.73 Å². The Morgan fingerprint density at radius 2 is 2.17 bits per heavy atom. The molecule has 0 aliphatic heterocycles. The fraction of sp³-hybridized carbons (Fsp3) is 0.400. The van der Waals surface area contributed by atoms with Gasteiger partial charge in [-0.15, -0.1) is 0 Å². The second-order valence-corrected chi connectivity index (χ2v) is 3.49. The van der Waals surface area contributed by atoms with Crippen molar-refractivity contribution in [3.8, 4) is 0 Å². The predicted molar refractivity (Wildman–Crippen MR) is 50.9 cm³/mol. The first-order valence-corrected chi connectivity index (χ1v) is 4.39. The van der Waals surface area contributed by atoms with E-state index in [1.807, 2.05) is 12.1 Å². The monoisotopic (exact) mass is 162 g/mol. The van der Waals surface area contributed by atoms with Crippen LogP contribution in [0.1, 0.15) is 17.5 Å². The van der Waals surface area contributed by atoms with Gasteiger partial charge >= 0.3 is 0 Å². The van der Waals surface area contributed by atoms with Crippen molar-refractivity contribution >= 4 is 5.69 Å².